The summed E-state index contributed by atoms with van der Waals surface area (Å²) < 4.78 is 0. The highest BCUT2D eigenvalue weighted by molar-refractivity contribution is 8.00. The molecule has 1 aliphatic rings. The molecule has 5 heteroatoms. The molecule has 2 atom stereocenters. The Morgan fingerprint density at radius 2 is 1.83 bits per heavy atom. The lowest BCUT2D eigenvalue weighted by atomic mass is 9.86. The molecule has 2 rings (SSSR count). The largest absolute Gasteiger partial charge is 0.347 e. The molecule has 0 aliphatic carbocycles. The summed E-state index contributed by atoms with van der Waals surface area (Å²) in [5.41, 5.74) is 2.44. The van der Waals surface area contributed by atoms with E-state index >= 15 is 0 Å². The predicted molar refractivity (Wildman–Crippen MR) is 95.3 cm³/mol. The van der Waals surface area contributed by atoms with E-state index < -0.39 is 6.04 Å². The average Bonchev–Trinajstić information content (AvgIpc) is 2.86. The highest BCUT2D eigenvalue weighted by Crippen LogP contribution is 2.40. The zero-order valence-electron chi connectivity index (χ0n) is 14.8. The maximum Gasteiger partial charge on any atom is 0.244 e. The van der Waals surface area contributed by atoms with Crippen molar-refractivity contribution in [1.29, 1.82) is 0 Å². The first-order chi connectivity index (χ1) is 10.6. The van der Waals surface area contributed by atoms with Crippen molar-refractivity contribution in [2.24, 2.45) is 0 Å². The van der Waals surface area contributed by atoms with Crippen molar-refractivity contribution < 1.29 is 9.59 Å². The van der Waals surface area contributed by atoms with Gasteiger partial charge < -0.3 is 9.80 Å². The van der Waals surface area contributed by atoms with Crippen LogP contribution in [0, 0.1) is 0 Å². The van der Waals surface area contributed by atoms with E-state index in [1.807, 2.05) is 6.92 Å². The van der Waals surface area contributed by atoms with Gasteiger partial charge in [-0.3, -0.25) is 9.59 Å². The average molecular weight is 334 g/mol. The maximum atomic E-state index is 12.3. The Labute approximate surface area is 143 Å². The van der Waals surface area contributed by atoms with Crippen molar-refractivity contribution in [3.8, 4) is 0 Å². The molecular weight excluding hydrogens is 308 g/mol. The molecule has 0 aromatic heterocycles. The number of rotatable bonds is 3. The van der Waals surface area contributed by atoms with Gasteiger partial charge in [0.15, 0.2) is 0 Å². The normalized spacial score (nSPS) is 19.8. The van der Waals surface area contributed by atoms with E-state index in [4.69, 9.17) is 0 Å². The number of carbonyl (C=O) groups excluding carboxylic acids is 2. The van der Waals surface area contributed by atoms with Crippen LogP contribution < -0.4 is 0 Å². The molecule has 1 saturated heterocycles. The van der Waals surface area contributed by atoms with Crippen LogP contribution in [0.3, 0.4) is 0 Å². The highest BCUT2D eigenvalue weighted by atomic mass is 32.2. The Morgan fingerprint density at radius 3 is 2.30 bits per heavy atom. The van der Waals surface area contributed by atoms with E-state index in [-0.39, 0.29) is 22.6 Å². The van der Waals surface area contributed by atoms with E-state index in [2.05, 4.69) is 45.0 Å². The Balaban J connectivity index is 2.27. The molecule has 0 N–H and O–H groups in total. The molecule has 1 aliphatic heterocycles. The summed E-state index contributed by atoms with van der Waals surface area (Å²) in [5.74, 6) is 0.413. The van der Waals surface area contributed by atoms with Gasteiger partial charge in [-0.15, -0.1) is 11.8 Å². The Kier molecular flexibility index (Phi) is 5.09. The van der Waals surface area contributed by atoms with Crippen LogP contribution in [0.25, 0.3) is 0 Å². The molecule has 2 amide bonds. The van der Waals surface area contributed by atoms with E-state index in [9.17, 15) is 9.59 Å². The number of amides is 2. The first-order valence-corrected chi connectivity index (χ1v) is 8.92. The van der Waals surface area contributed by atoms with Gasteiger partial charge in [-0.25, -0.2) is 0 Å². The number of nitrogens with zero attached hydrogens (tertiary/aromatic N) is 2. The SMILES string of the molecule is CC(C(=O)N(C)C)N1C(=O)CSC1c1ccc(C(C)(C)C)cc1. The van der Waals surface area contributed by atoms with Crippen LogP contribution in [0.4, 0.5) is 0 Å². The summed E-state index contributed by atoms with van der Waals surface area (Å²) in [5, 5.41) is -0.0876. The first kappa shape index (κ1) is 17.9. The highest BCUT2D eigenvalue weighted by Gasteiger charge is 2.39. The van der Waals surface area contributed by atoms with Crippen LogP contribution in [0.15, 0.2) is 24.3 Å². The van der Waals surface area contributed by atoms with Crippen molar-refractivity contribution in [3.05, 3.63) is 35.4 Å². The van der Waals surface area contributed by atoms with Crippen LogP contribution in [-0.2, 0) is 15.0 Å². The fraction of sp³-hybridized carbons (Fsp3) is 0.556. The smallest absolute Gasteiger partial charge is 0.244 e. The third-order valence-electron chi connectivity index (χ3n) is 4.18. The predicted octanol–water partition coefficient (Wildman–Crippen LogP) is 3.03. The summed E-state index contributed by atoms with van der Waals surface area (Å²) in [6.45, 7) is 8.35. The van der Waals surface area contributed by atoms with Gasteiger partial charge in [0.1, 0.15) is 11.4 Å². The molecule has 0 spiro atoms. The molecule has 1 heterocycles. The quantitative estimate of drug-likeness (QED) is 0.853. The minimum Gasteiger partial charge on any atom is -0.347 e. The van der Waals surface area contributed by atoms with E-state index in [0.717, 1.165) is 5.56 Å². The fourth-order valence-electron chi connectivity index (χ4n) is 2.75. The standard InChI is InChI=1S/C18H26N2O2S/c1-12(16(22)19(5)6)20-15(21)11-23-17(20)13-7-9-14(10-8-13)18(2,3)4/h7-10,12,17H,11H2,1-6H3. The summed E-state index contributed by atoms with van der Waals surface area (Å²) in [6.07, 6.45) is 0. The number of hydrogen-bond donors (Lipinski definition) is 0. The minimum absolute atomic E-state index is 0.0302. The molecule has 0 bridgehead atoms. The third-order valence-corrected chi connectivity index (χ3v) is 5.41. The molecule has 0 saturated carbocycles. The second-order valence-corrected chi connectivity index (χ2v) is 8.31. The number of thioether (sulfide) groups is 1. The maximum absolute atomic E-state index is 12.3. The summed E-state index contributed by atoms with van der Waals surface area (Å²) >= 11 is 1.59. The molecule has 0 radical (unpaired) electrons. The number of benzene rings is 1. The van der Waals surface area contributed by atoms with Crippen molar-refractivity contribution in [2.45, 2.75) is 44.5 Å². The van der Waals surface area contributed by atoms with Gasteiger partial charge in [0.25, 0.3) is 0 Å². The molecule has 23 heavy (non-hydrogen) atoms. The van der Waals surface area contributed by atoms with Gasteiger partial charge in [-0.2, -0.15) is 0 Å². The van der Waals surface area contributed by atoms with Crippen LogP contribution in [0.1, 0.15) is 44.2 Å². The lowest BCUT2D eigenvalue weighted by Crippen LogP contribution is -2.46. The second-order valence-electron chi connectivity index (χ2n) is 7.25. The van der Waals surface area contributed by atoms with Crippen LogP contribution in [0.5, 0.6) is 0 Å². The lowest BCUT2D eigenvalue weighted by molar-refractivity contribution is -0.142. The van der Waals surface area contributed by atoms with Crippen LogP contribution in [-0.4, -0.2) is 47.5 Å². The van der Waals surface area contributed by atoms with Crippen molar-refractivity contribution in [1.82, 2.24) is 9.80 Å². The zero-order chi connectivity index (χ0) is 17.4. The molecule has 4 nitrogen and oxygen atoms in total. The Bertz CT molecular complexity index is 590. The fourth-order valence-corrected chi connectivity index (χ4v) is 4.01. The monoisotopic (exact) mass is 334 g/mol. The zero-order valence-corrected chi connectivity index (χ0v) is 15.6. The van der Waals surface area contributed by atoms with Gasteiger partial charge in [0, 0.05) is 14.1 Å². The molecular formula is C18H26N2O2S. The molecule has 1 aromatic rings. The Morgan fingerprint density at radius 1 is 1.26 bits per heavy atom. The van der Waals surface area contributed by atoms with Gasteiger partial charge in [0.2, 0.25) is 11.8 Å². The number of hydrogen-bond acceptors (Lipinski definition) is 3. The van der Waals surface area contributed by atoms with Crippen molar-refractivity contribution >= 4 is 23.6 Å². The van der Waals surface area contributed by atoms with Gasteiger partial charge in [0.05, 0.1) is 5.75 Å². The van der Waals surface area contributed by atoms with Crippen molar-refractivity contribution in [3.63, 3.8) is 0 Å². The number of likely N-dealkylation sites (N-methyl/N-ethyl adjacent to an activating group) is 1. The van der Waals surface area contributed by atoms with Crippen LogP contribution >= 0.6 is 11.8 Å². The lowest BCUT2D eigenvalue weighted by Gasteiger charge is -2.31. The van der Waals surface area contributed by atoms with Crippen molar-refractivity contribution in [2.75, 3.05) is 19.8 Å². The molecule has 2 unspecified atom stereocenters. The van der Waals surface area contributed by atoms with Gasteiger partial charge >= 0.3 is 0 Å². The van der Waals surface area contributed by atoms with Gasteiger partial charge in [-0.05, 0) is 23.5 Å². The first-order valence-electron chi connectivity index (χ1n) is 7.87. The Hall–Kier alpha value is -1.49. The summed E-state index contributed by atoms with van der Waals surface area (Å²) in [4.78, 5) is 27.8. The van der Waals surface area contributed by atoms with E-state index in [1.165, 1.54) is 5.56 Å². The summed E-state index contributed by atoms with van der Waals surface area (Å²) in [7, 11) is 3.44. The third kappa shape index (κ3) is 3.71. The van der Waals surface area contributed by atoms with E-state index in [1.54, 1.807) is 35.7 Å². The van der Waals surface area contributed by atoms with Crippen LogP contribution in [0.2, 0.25) is 0 Å². The molecule has 1 fully saturated rings. The molecule has 126 valence electrons. The minimum atomic E-state index is -0.445. The topological polar surface area (TPSA) is 40.6 Å². The number of carbonyl (C=O) groups is 2. The second kappa shape index (κ2) is 6.56. The van der Waals surface area contributed by atoms with E-state index in [0.29, 0.717) is 5.75 Å². The molecule has 1 aromatic carbocycles. The summed E-state index contributed by atoms with van der Waals surface area (Å²) in [6, 6.07) is 7.96. The van der Waals surface area contributed by atoms with Gasteiger partial charge in [-0.1, -0.05) is 45.0 Å².